The van der Waals surface area contributed by atoms with Crippen LogP contribution in [0.15, 0.2) is 48.5 Å². The highest BCUT2D eigenvalue weighted by Gasteiger charge is 2.35. The molecule has 3 aromatic carbocycles. The highest BCUT2D eigenvalue weighted by Crippen LogP contribution is 2.45. The second kappa shape index (κ2) is 19.6. The summed E-state index contributed by atoms with van der Waals surface area (Å²) in [7, 11) is 2.00. The van der Waals surface area contributed by atoms with Gasteiger partial charge in [0, 0.05) is 25.3 Å². The van der Waals surface area contributed by atoms with Crippen LogP contribution in [0.25, 0.3) is 0 Å². The van der Waals surface area contributed by atoms with Gasteiger partial charge in [-0.25, -0.2) is 0 Å². The van der Waals surface area contributed by atoms with E-state index in [4.69, 9.17) is 9.47 Å². The molecule has 5 nitrogen and oxygen atoms in total. The Morgan fingerprint density at radius 1 is 0.957 bits per heavy atom. The van der Waals surface area contributed by atoms with Crippen molar-refractivity contribution < 1.29 is 14.3 Å². The number of carbonyl (C=O) groups is 1. The number of anilines is 1. The molecule has 0 saturated carbocycles. The summed E-state index contributed by atoms with van der Waals surface area (Å²) >= 11 is 1.93. The monoisotopic (exact) mass is 646 g/mol. The summed E-state index contributed by atoms with van der Waals surface area (Å²) in [5, 5.41) is 3.29. The third-order valence-corrected chi connectivity index (χ3v) is 9.74. The largest absolute Gasteiger partial charge is 0.454 e. The van der Waals surface area contributed by atoms with Crippen molar-refractivity contribution in [1.82, 2.24) is 4.90 Å². The number of nitrogens with one attached hydrogen (secondary N) is 1. The van der Waals surface area contributed by atoms with Crippen LogP contribution in [0, 0.1) is 13.8 Å². The number of ether oxygens (including phenoxy) is 2. The van der Waals surface area contributed by atoms with Crippen molar-refractivity contribution in [2.24, 2.45) is 0 Å². The number of aldehydes is 1. The molecule has 1 saturated heterocycles. The highest BCUT2D eigenvalue weighted by molar-refractivity contribution is 7.98. The van der Waals surface area contributed by atoms with Gasteiger partial charge in [-0.1, -0.05) is 88.6 Å². The van der Waals surface area contributed by atoms with Crippen molar-refractivity contribution in [3.8, 4) is 11.5 Å². The molecule has 2 atom stereocenters. The van der Waals surface area contributed by atoms with Crippen molar-refractivity contribution in [1.29, 1.82) is 0 Å². The Labute approximate surface area is 283 Å². The zero-order valence-corrected chi connectivity index (χ0v) is 30.5. The Morgan fingerprint density at radius 2 is 1.65 bits per heavy atom. The standard InChI is InChI=1S/C23H27NO3.C12H19N.C5H12S/c1-3-4-17-5-7-18(8-6-17)21-13-19(14-24(21)11-12-25)20-9-10-22-23(16(20)2)27-15-26-22;1-5-10-7-9(3)8-11(6-2)12(10)13-4;1-3-4-5-6-2/h5-10,12,19,21H,3-4,11,13-15H2,1-2H3;7-8,13H,5-6H2,1-4H3;3-5H2,1-2H3/t19-,21-;;/m1../s1. The molecule has 46 heavy (non-hydrogen) atoms. The van der Waals surface area contributed by atoms with Crippen LogP contribution < -0.4 is 14.8 Å². The number of likely N-dealkylation sites (tertiary alicyclic amines) is 1. The lowest BCUT2D eigenvalue weighted by Gasteiger charge is -2.22. The molecule has 3 aromatic rings. The molecule has 2 aliphatic rings. The lowest BCUT2D eigenvalue weighted by atomic mass is 9.90. The SMILES string of the molecule is CCCCSC.CCCc1ccc([C@H]2C[C@@H](c3ccc4c(c3C)OCO4)CN2CC=O)cc1.CCc1cc(C)cc(CC)c1NC. The van der Waals surface area contributed by atoms with E-state index in [1.165, 1.54) is 63.2 Å². The maximum Gasteiger partial charge on any atom is 0.231 e. The normalized spacial score (nSPS) is 16.7. The van der Waals surface area contributed by atoms with Gasteiger partial charge in [-0.2, -0.15) is 11.8 Å². The third-order valence-electron chi connectivity index (χ3n) is 9.04. The Morgan fingerprint density at radius 3 is 2.20 bits per heavy atom. The fourth-order valence-electron chi connectivity index (χ4n) is 6.65. The molecule has 1 N–H and O–H groups in total. The number of rotatable bonds is 12. The number of hydrogen-bond acceptors (Lipinski definition) is 6. The Hall–Kier alpha value is -2.96. The van der Waals surface area contributed by atoms with Gasteiger partial charge >= 0.3 is 0 Å². The molecule has 0 amide bonds. The maximum absolute atomic E-state index is 11.3. The topological polar surface area (TPSA) is 50.8 Å². The number of unbranched alkanes of at least 4 members (excludes halogenated alkanes) is 1. The number of benzene rings is 3. The Bertz CT molecular complexity index is 1330. The average Bonchev–Trinajstić information content (AvgIpc) is 3.73. The van der Waals surface area contributed by atoms with Crippen LogP contribution in [0.2, 0.25) is 0 Å². The maximum atomic E-state index is 11.3. The average molecular weight is 647 g/mol. The molecule has 5 rings (SSSR count). The van der Waals surface area contributed by atoms with Crippen molar-refractivity contribution in [3.63, 3.8) is 0 Å². The van der Waals surface area contributed by atoms with E-state index in [9.17, 15) is 4.79 Å². The zero-order valence-electron chi connectivity index (χ0n) is 29.7. The Balaban J connectivity index is 0.000000252. The zero-order chi connectivity index (χ0) is 33.5. The van der Waals surface area contributed by atoms with Crippen molar-refractivity contribution >= 4 is 23.7 Å². The van der Waals surface area contributed by atoms with Gasteiger partial charge in [0.2, 0.25) is 6.79 Å². The minimum atomic E-state index is 0.278. The van der Waals surface area contributed by atoms with E-state index in [0.29, 0.717) is 19.3 Å². The van der Waals surface area contributed by atoms with E-state index in [1.54, 1.807) is 0 Å². The predicted molar refractivity (Wildman–Crippen MR) is 198 cm³/mol. The molecule has 2 heterocycles. The van der Waals surface area contributed by atoms with E-state index in [-0.39, 0.29) is 6.04 Å². The lowest BCUT2D eigenvalue weighted by Crippen LogP contribution is -2.25. The molecule has 2 aliphatic heterocycles. The second-order valence-electron chi connectivity index (χ2n) is 12.3. The first-order valence-electron chi connectivity index (χ1n) is 17.3. The first-order chi connectivity index (χ1) is 22.3. The summed E-state index contributed by atoms with van der Waals surface area (Å²) in [6.07, 6.45) is 11.4. The molecule has 252 valence electrons. The quantitative estimate of drug-likeness (QED) is 0.156. The molecular formula is C40H58N2O3S. The second-order valence-corrected chi connectivity index (χ2v) is 13.3. The first kappa shape index (κ1) is 37.5. The summed E-state index contributed by atoms with van der Waals surface area (Å²) in [5.74, 6) is 3.43. The minimum absolute atomic E-state index is 0.278. The minimum Gasteiger partial charge on any atom is -0.454 e. The molecular weight excluding hydrogens is 589 g/mol. The van der Waals surface area contributed by atoms with Crippen LogP contribution in [0.4, 0.5) is 5.69 Å². The first-order valence-corrected chi connectivity index (χ1v) is 18.7. The molecule has 0 bridgehead atoms. The van der Waals surface area contributed by atoms with Gasteiger partial charge in [0.25, 0.3) is 0 Å². The van der Waals surface area contributed by atoms with E-state index in [2.05, 4.69) is 100 Å². The Kier molecular flexibility index (Phi) is 16.0. The molecule has 6 heteroatoms. The number of carbonyl (C=O) groups excluding carboxylic acids is 1. The lowest BCUT2D eigenvalue weighted by molar-refractivity contribution is -0.109. The third kappa shape index (κ3) is 10.0. The van der Waals surface area contributed by atoms with Gasteiger partial charge in [-0.3, -0.25) is 4.90 Å². The summed E-state index contributed by atoms with van der Waals surface area (Å²) in [5.41, 5.74) is 10.7. The number of fused-ring (bicyclic) bond motifs is 1. The van der Waals surface area contributed by atoms with Crippen LogP contribution in [0.3, 0.4) is 0 Å². The van der Waals surface area contributed by atoms with Gasteiger partial charge in [0.05, 0.1) is 6.54 Å². The van der Waals surface area contributed by atoms with Crippen LogP contribution in [-0.2, 0) is 24.1 Å². The number of nitrogens with zero attached hydrogens (tertiary/aromatic N) is 1. The van der Waals surface area contributed by atoms with E-state index in [0.717, 1.165) is 56.4 Å². The van der Waals surface area contributed by atoms with Crippen molar-refractivity contribution in [2.45, 2.75) is 98.4 Å². The van der Waals surface area contributed by atoms with Crippen LogP contribution in [0.5, 0.6) is 11.5 Å². The highest BCUT2D eigenvalue weighted by atomic mass is 32.2. The van der Waals surface area contributed by atoms with Crippen LogP contribution in [0.1, 0.15) is 104 Å². The fraction of sp³-hybridized carbons (Fsp3) is 0.525. The van der Waals surface area contributed by atoms with Crippen LogP contribution in [-0.4, -0.2) is 50.1 Å². The molecule has 1 fully saturated rings. The van der Waals surface area contributed by atoms with E-state index < -0.39 is 0 Å². The van der Waals surface area contributed by atoms with Gasteiger partial charge < -0.3 is 19.6 Å². The molecule has 0 radical (unpaired) electrons. The summed E-state index contributed by atoms with van der Waals surface area (Å²) < 4.78 is 11.2. The van der Waals surface area contributed by atoms with Crippen molar-refractivity contribution in [3.05, 3.63) is 87.5 Å². The van der Waals surface area contributed by atoms with E-state index in [1.807, 2.05) is 24.9 Å². The number of aryl methyl sites for hydroxylation is 4. The van der Waals surface area contributed by atoms with Gasteiger partial charge in [0.15, 0.2) is 11.5 Å². The summed E-state index contributed by atoms with van der Waals surface area (Å²) in [6.45, 7) is 14.8. The molecule has 0 aromatic heterocycles. The predicted octanol–water partition coefficient (Wildman–Crippen LogP) is 9.72. The number of thioether (sulfide) groups is 1. The van der Waals surface area contributed by atoms with Gasteiger partial charge in [-0.05, 0) is 103 Å². The van der Waals surface area contributed by atoms with E-state index >= 15 is 0 Å². The smallest absolute Gasteiger partial charge is 0.231 e. The molecule has 0 unspecified atom stereocenters. The van der Waals surface area contributed by atoms with Gasteiger partial charge in [-0.15, -0.1) is 0 Å². The summed E-state index contributed by atoms with van der Waals surface area (Å²) in [6, 6.07) is 17.9. The van der Waals surface area contributed by atoms with Crippen molar-refractivity contribution in [2.75, 3.05) is 44.3 Å². The van der Waals surface area contributed by atoms with Gasteiger partial charge in [0.1, 0.15) is 6.29 Å². The fourth-order valence-corrected chi connectivity index (χ4v) is 7.22. The number of hydrogen-bond donors (Lipinski definition) is 1. The van der Waals surface area contributed by atoms with Crippen LogP contribution >= 0.6 is 11.8 Å². The molecule has 0 spiro atoms. The summed E-state index contributed by atoms with van der Waals surface area (Å²) in [4.78, 5) is 13.6. The molecule has 0 aliphatic carbocycles.